The maximum atomic E-state index is 12.7. The fourth-order valence-electron chi connectivity index (χ4n) is 3.52. The van der Waals surface area contributed by atoms with Crippen LogP contribution >= 0.6 is 0 Å². The number of aryl methyl sites for hydroxylation is 2. The molecule has 150 valence electrons. The van der Waals surface area contributed by atoms with Gasteiger partial charge in [-0.05, 0) is 44.7 Å². The number of carbonyl (C=O) groups is 3. The van der Waals surface area contributed by atoms with Crippen molar-refractivity contribution in [1.82, 2.24) is 10.3 Å². The average Bonchev–Trinajstić information content (AvgIpc) is 2.95. The molecule has 0 saturated carbocycles. The first kappa shape index (κ1) is 21.4. The molecular formula is C22H28N2O4. The van der Waals surface area contributed by atoms with Crippen molar-refractivity contribution in [3.8, 4) is 0 Å². The van der Waals surface area contributed by atoms with E-state index in [1.54, 1.807) is 6.92 Å². The molecule has 0 spiro atoms. The highest BCUT2D eigenvalue weighted by atomic mass is 16.4. The standard InChI is InChI=1S/C22H28N2O4/c1-5-7-18-19(15(4)25)14(3)24-20(18)21(26)23-12-17(22(27)28)11-16-9-6-8-13(2)10-16/h6,8-10,17,24H,5,7,11-12H2,1-4H3,(H,23,26)(H,27,28). The van der Waals surface area contributed by atoms with Gasteiger partial charge in [-0.3, -0.25) is 14.4 Å². The summed E-state index contributed by atoms with van der Waals surface area (Å²) < 4.78 is 0. The quantitative estimate of drug-likeness (QED) is 0.577. The summed E-state index contributed by atoms with van der Waals surface area (Å²) in [6.07, 6.45) is 1.73. The summed E-state index contributed by atoms with van der Waals surface area (Å²) in [5.74, 6) is -2.15. The third-order valence-corrected chi connectivity index (χ3v) is 4.79. The van der Waals surface area contributed by atoms with Crippen molar-refractivity contribution in [2.24, 2.45) is 5.92 Å². The second kappa shape index (κ2) is 9.35. The van der Waals surface area contributed by atoms with Crippen LogP contribution in [0.25, 0.3) is 0 Å². The molecule has 1 aromatic heterocycles. The lowest BCUT2D eigenvalue weighted by Crippen LogP contribution is -2.34. The minimum Gasteiger partial charge on any atom is -0.481 e. The van der Waals surface area contributed by atoms with E-state index in [9.17, 15) is 19.5 Å². The zero-order chi connectivity index (χ0) is 20.8. The van der Waals surface area contributed by atoms with Gasteiger partial charge in [0.25, 0.3) is 5.91 Å². The van der Waals surface area contributed by atoms with Crippen LogP contribution in [-0.4, -0.2) is 34.3 Å². The number of hydrogen-bond acceptors (Lipinski definition) is 3. The number of carboxylic acid groups (broad SMARTS) is 1. The maximum absolute atomic E-state index is 12.7. The summed E-state index contributed by atoms with van der Waals surface area (Å²) in [4.78, 5) is 39.3. The van der Waals surface area contributed by atoms with Gasteiger partial charge >= 0.3 is 5.97 Å². The lowest BCUT2D eigenvalue weighted by molar-refractivity contribution is -0.141. The van der Waals surface area contributed by atoms with Crippen molar-refractivity contribution in [2.45, 2.75) is 47.0 Å². The van der Waals surface area contributed by atoms with Crippen LogP contribution in [0.15, 0.2) is 24.3 Å². The lowest BCUT2D eigenvalue weighted by Gasteiger charge is -2.14. The van der Waals surface area contributed by atoms with Crippen LogP contribution < -0.4 is 5.32 Å². The Morgan fingerprint density at radius 2 is 1.93 bits per heavy atom. The predicted molar refractivity (Wildman–Crippen MR) is 108 cm³/mol. The number of aromatic nitrogens is 1. The van der Waals surface area contributed by atoms with Crippen LogP contribution in [0, 0.1) is 19.8 Å². The topological polar surface area (TPSA) is 99.3 Å². The molecule has 0 aliphatic heterocycles. The third kappa shape index (κ3) is 5.09. The summed E-state index contributed by atoms with van der Waals surface area (Å²) >= 11 is 0. The summed E-state index contributed by atoms with van der Waals surface area (Å²) in [7, 11) is 0. The van der Waals surface area contributed by atoms with Gasteiger partial charge in [-0.2, -0.15) is 0 Å². The van der Waals surface area contributed by atoms with E-state index in [0.717, 1.165) is 17.5 Å². The number of ketones is 1. The second-order valence-electron chi connectivity index (χ2n) is 7.22. The Bertz CT molecular complexity index is 883. The monoisotopic (exact) mass is 384 g/mol. The van der Waals surface area contributed by atoms with Crippen LogP contribution in [-0.2, 0) is 17.6 Å². The van der Waals surface area contributed by atoms with E-state index < -0.39 is 11.9 Å². The van der Waals surface area contributed by atoms with Gasteiger partial charge in [0.05, 0.1) is 5.92 Å². The molecule has 6 nitrogen and oxygen atoms in total. The summed E-state index contributed by atoms with van der Waals surface area (Å²) in [5, 5.41) is 12.3. The highest BCUT2D eigenvalue weighted by Gasteiger charge is 2.24. The van der Waals surface area contributed by atoms with E-state index in [1.807, 2.05) is 38.1 Å². The third-order valence-electron chi connectivity index (χ3n) is 4.79. The fourth-order valence-corrected chi connectivity index (χ4v) is 3.52. The van der Waals surface area contributed by atoms with Gasteiger partial charge in [0, 0.05) is 17.8 Å². The van der Waals surface area contributed by atoms with Gasteiger partial charge < -0.3 is 15.4 Å². The average molecular weight is 384 g/mol. The normalized spacial score (nSPS) is 11.9. The van der Waals surface area contributed by atoms with E-state index in [4.69, 9.17) is 0 Å². The lowest BCUT2D eigenvalue weighted by atomic mass is 9.98. The number of H-pyrrole nitrogens is 1. The summed E-state index contributed by atoms with van der Waals surface area (Å²) in [5.41, 5.74) is 4.26. The number of rotatable bonds is 9. The zero-order valence-electron chi connectivity index (χ0n) is 16.9. The Balaban J connectivity index is 2.16. The molecule has 6 heteroatoms. The van der Waals surface area contributed by atoms with Crippen molar-refractivity contribution >= 4 is 17.7 Å². The molecule has 1 atom stereocenters. The molecule has 1 aromatic carbocycles. The van der Waals surface area contributed by atoms with Crippen LogP contribution in [0.5, 0.6) is 0 Å². The van der Waals surface area contributed by atoms with Crippen molar-refractivity contribution in [3.63, 3.8) is 0 Å². The molecule has 0 radical (unpaired) electrons. The Hall–Kier alpha value is -2.89. The molecule has 0 aliphatic rings. The first-order valence-corrected chi connectivity index (χ1v) is 9.53. The predicted octanol–water partition coefficient (Wildman–Crippen LogP) is 3.46. The molecule has 2 aromatic rings. The minimum absolute atomic E-state index is 0.0150. The summed E-state index contributed by atoms with van der Waals surface area (Å²) in [6.45, 7) is 7.21. The number of carbonyl (C=O) groups excluding carboxylic acids is 2. The molecule has 1 heterocycles. The molecule has 28 heavy (non-hydrogen) atoms. The molecule has 2 rings (SSSR count). The van der Waals surface area contributed by atoms with Crippen LogP contribution in [0.4, 0.5) is 0 Å². The number of aromatic amines is 1. The molecule has 0 fully saturated rings. The van der Waals surface area contributed by atoms with Gasteiger partial charge in [0.1, 0.15) is 5.69 Å². The highest BCUT2D eigenvalue weighted by molar-refractivity contribution is 6.02. The molecule has 0 bridgehead atoms. The SMILES string of the molecule is CCCc1c(C(=O)NCC(Cc2cccc(C)c2)C(=O)O)[nH]c(C)c1C(C)=O. The number of nitrogens with one attached hydrogen (secondary N) is 2. The first-order valence-electron chi connectivity index (χ1n) is 9.53. The van der Waals surface area contributed by atoms with Gasteiger partial charge in [-0.15, -0.1) is 0 Å². The van der Waals surface area contributed by atoms with E-state index in [1.165, 1.54) is 6.92 Å². The van der Waals surface area contributed by atoms with Crippen molar-refractivity contribution in [2.75, 3.05) is 6.54 Å². The number of hydrogen-bond donors (Lipinski definition) is 3. The summed E-state index contributed by atoms with van der Waals surface area (Å²) in [6, 6.07) is 7.68. The van der Waals surface area contributed by atoms with Gasteiger partial charge in [0.15, 0.2) is 5.78 Å². The first-order chi connectivity index (χ1) is 13.2. The number of benzene rings is 1. The van der Waals surface area contributed by atoms with E-state index in [0.29, 0.717) is 35.4 Å². The number of Topliss-reactive ketones (excluding diaryl/α,β-unsaturated/α-hetero) is 1. The molecule has 3 N–H and O–H groups in total. The molecular weight excluding hydrogens is 356 g/mol. The minimum atomic E-state index is -0.956. The largest absolute Gasteiger partial charge is 0.481 e. The van der Waals surface area contributed by atoms with Crippen LogP contribution in [0.1, 0.15) is 63.5 Å². The highest BCUT2D eigenvalue weighted by Crippen LogP contribution is 2.21. The van der Waals surface area contributed by atoms with Crippen molar-refractivity contribution in [3.05, 3.63) is 57.9 Å². The van der Waals surface area contributed by atoms with Gasteiger partial charge in [-0.1, -0.05) is 43.2 Å². The maximum Gasteiger partial charge on any atom is 0.308 e. The van der Waals surface area contributed by atoms with E-state index in [2.05, 4.69) is 10.3 Å². The Labute approximate surface area is 165 Å². The van der Waals surface area contributed by atoms with Crippen molar-refractivity contribution < 1.29 is 19.5 Å². The molecule has 1 amide bonds. The van der Waals surface area contributed by atoms with Crippen LogP contribution in [0.2, 0.25) is 0 Å². The Morgan fingerprint density at radius 3 is 2.50 bits per heavy atom. The number of carboxylic acids is 1. The van der Waals surface area contributed by atoms with Gasteiger partial charge in [0.2, 0.25) is 0 Å². The second-order valence-corrected chi connectivity index (χ2v) is 7.22. The Morgan fingerprint density at radius 1 is 1.21 bits per heavy atom. The van der Waals surface area contributed by atoms with Crippen molar-refractivity contribution in [1.29, 1.82) is 0 Å². The molecule has 0 aliphatic carbocycles. The van der Waals surface area contributed by atoms with E-state index >= 15 is 0 Å². The zero-order valence-corrected chi connectivity index (χ0v) is 16.9. The van der Waals surface area contributed by atoms with Crippen LogP contribution in [0.3, 0.4) is 0 Å². The Kier molecular flexibility index (Phi) is 7.15. The van der Waals surface area contributed by atoms with Gasteiger partial charge in [-0.25, -0.2) is 0 Å². The van der Waals surface area contributed by atoms with E-state index in [-0.39, 0.29) is 18.2 Å². The number of amides is 1. The number of aliphatic carboxylic acids is 1. The molecule has 0 saturated heterocycles. The fraction of sp³-hybridized carbons (Fsp3) is 0.409. The smallest absolute Gasteiger partial charge is 0.308 e. The molecule has 1 unspecified atom stereocenters.